The average molecular weight is 419 g/mol. The van der Waals surface area contributed by atoms with Gasteiger partial charge < -0.3 is 15.0 Å². The summed E-state index contributed by atoms with van der Waals surface area (Å²) in [6.07, 6.45) is 2.65. The van der Waals surface area contributed by atoms with Crippen molar-refractivity contribution in [2.75, 3.05) is 18.0 Å². The first-order chi connectivity index (χ1) is 15.0. The summed E-state index contributed by atoms with van der Waals surface area (Å²) in [7, 11) is 0. The number of piperidine rings is 1. The molecule has 0 radical (unpaired) electrons. The van der Waals surface area contributed by atoms with Crippen molar-refractivity contribution in [3.8, 4) is 0 Å². The predicted molar refractivity (Wildman–Crippen MR) is 123 cm³/mol. The van der Waals surface area contributed by atoms with Crippen LogP contribution in [0.4, 0.5) is 10.5 Å². The highest BCUT2D eigenvalue weighted by molar-refractivity contribution is 5.94. The second-order valence-corrected chi connectivity index (χ2v) is 9.07. The molecule has 3 heterocycles. The zero-order valence-electron chi connectivity index (χ0n) is 18.2. The number of anilines is 1. The Morgan fingerprint density at radius 1 is 1.16 bits per heavy atom. The predicted octanol–water partition coefficient (Wildman–Crippen LogP) is 4.62. The highest BCUT2D eigenvalue weighted by atomic mass is 16.4. The van der Waals surface area contributed by atoms with E-state index in [-0.39, 0.29) is 6.04 Å². The summed E-state index contributed by atoms with van der Waals surface area (Å²) in [6, 6.07) is 15.0. The van der Waals surface area contributed by atoms with Crippen molar-refractivity contribution in [3.63, 3.8) is 0 Å². The number of hydrogen-bond acceptors (Lipinski definition) is 3. The van der Waals surface area contributed by atoms with E-state index in [2.05, 4.69) is 47.1 Å². The molecule has 0 spiro atoms. The number of rotatable bonds is 3. The van der Waals surface area contributed by atoms with Gasteiger partial charge in [0.1, 0.15) is 5.82 Å². The molecule has 1 fully saturated rings. The number of hydrogen-bond donors (Lipinski definition) is 2. The number of aromatic nitrogens is 2. The van der Waals surface area contributed by atoms with E-state index in [9.17, 15) is 9.90 Å². The summed E-state index contributed by atoms with van der Waals surface area (Å²) in [5, 5.41) is 13.3. The number of imidazole rings is 1. The summed E-state index contributed by atoms with van der Waals surface area (Å²) in [4.78, 5) is 18.6. The van der Waals surface area contributed by atoms with Crippen molar-refractivity contribution >= 4 is 22.8 Å². The molecular weight excluding hydrogens is 388 g/mol. The molecule has 1 aromatic heterocycles. The van der Waals surface area contributed by atoms with Crippen molar-refractivity contribution in [3.05, 3.63) is 59.4 Å². The Hall–Kier alpha value is -2.86. The minimum atomic E-state index is -0.885. The van der Waals surface area contributed by atoms with E-state index in [1.54, 1.807) is 0 Å². The van der Waals surface area contributed by atoms with E-state index in [1.165, 1.54) is 10.5 Å². The molecule has 2 aliphatic heterocycles. The lowest BCUT2D eigenvalue weighted by atomic mass is 9.93. The highest BCUT2D eigenvalue weighted by Crippen LogP contribution is 2.39. The summed E-state index contributed by atoms with van der Waals surface area (Å²) < 4.78 is 2.46. The molecule has 3 aromatic rings. The second-order valence-electron chi connectivity index (χ2n) is 9.07. The lowest BCUT2D eigenvalue weighted by molar-refractivity contribution is 0.198. The molecule has 5 rings (SSSR count). The van der Waals surface area contributed by atoms with Crippen LogP contribution in [-0.2, 0) is 12.8 Å². The third kappa shape index (κ3) is 3.49. The van der Waals surface area contributed by atoms with Gasteiger partial charge in [-0.25, -0.2) is 9.78 Å². The van der Waals surface area contributed by atoms with Gasteiger partial charge in [-0.3, -0.25) is 4.90 Å². The molecule has 1 amide bonds. The number of benzene rings is 2. The van der Waals surface area contributed by atoms with Gasteiger partial charge in [0.2, 0.25) is 0 Å². The number of fused-ring (bicyclic) bond motifs is 3. The van der Waals surface area contributed by atoms with Crippen molar-refractivity contribution in [2.45, 2.75) is 51.6 Å². The minimum Gasteiger partial charge on any atom is -0.465 e. The van der Waals surface area contributed by atoms with E-state index < -0.39 is 6.09 Å². The van der Waals surface area contributed by atoms with Gasteiger partial charge in [-0.1, -0.05) is 37.3 Å². The van der Waals surface area contributed by atoms with Gasteiger partial charge in [0.25, 0.3) is 0 Å². The van der Waals surface area contributed by atoms with E-state index in [4.69, 9.17) is 4.98 Å². The van der Waals surface area contributed by atoms with Crippen LogP contribution in [0.15, 0.2) is 42.5 Å². The number of nitrogens with zero attached hydrogens (tertiary/aromatic N) is 3. The standard InChI is InChI=1S/C25H30N4O2/c1-16-15-26-13-12-20(16)29-22-11-10-21-19(9-8-17(2)28(21)25(30)31)24(22)27-23(29)14-18-6-4-3-5-7-18/h3-7,10-11,16-17,20,26H,8-9,12-15H2,1-2H3,(H,30,31)/t16-,17+,20-/m1/s1. The van der Waals surface area contributed by atoms with Gasteiger partial charge in [0, 0.05) is 24.1 Å². The van der Waals surface area contributed by atoms with Crippen molar-refractivity contribution in [2.24, 2.45) is 5.92 Å². The Bertz CT molecular complexity index is 1110. The fraction of sp³-hybridized carbons (Fsp3) is 0.440. The number of carboxylic acid groups (broad SMARTS) is 1. The molecule has 2 aliphatic rings. The number of amides is 1. The first-order valence-electron chi connectivity index (χ1n) is 11.3. The first-order valence-corrected chi connectivity index (χ1v) is 11.3. The van der Waals surface area contributed by atoms with Gasteiger partial charge in [0.15, 0.2) is 0 Å². The molecule has 0 bridgehead atoms. The van der Waals surface area contributed by atoms with E-state index in [1.807, 2.05) is 19.1 Å². The van der Waals surface area contributed by atoms with Crippen LogP contribution in [0.3, 0.4) is 0 Å². The Kier molecular flexibility index (Phi) is 5.18. The minimum absolute atomic E-state index is 0.0160. The van der Waals surface area contributed by atoms with Crippen LogP contribution in [0, 0.1) is 5.92 Å². The van der Waals surface area contributed by atoms with E-state index >= 15 is 0 Å². The van der Waals surface area contributed by atoms with Crippen LogP contribution in [0.25, 0.3) is 11.0 Å². The quantitative estimate of drug-likeness (QED) is 0.651. The first kappa shape index (κ1) is 20.1. The molecule has 6 heteroatoms. The molecule has 3 atom stereocenters. The Morgan fingerprint density at radius 2 is 1.97 bits per heavy atom. The number of carbonyl (C=O) groups is 1. The van der Waals surface area contributed by atoms with Crippen molar-refractivity contribution in [1.82, 2.24) is 14.9 Å². The molecule has 0 aliphatic carbocycles. The fourth-order valence-electron chi connectivity index (χ4n) is 5.39. The maximum absolute atomic E-state index is 12.0. The average Bonchev–Trinajstić information content (AvgIpc) is 3.12. The zero-order valence-corrected chi connectivity index (χ0v) is 18.2. The molecule has 162 valence electrons. The topological polar surface area (TPSA) is 70.4 Å². The Balaban J connectivity index is 1.69. The fourth-order valence-corrected chi connectivity index (χ4v) is 5.39. The molecule has 0 unspecified atom stereocenters. The lowest BCUT2D eigenvalue weighted by Gasteiger charge is -2.34. The summed E-state index contributed by atoms with van der Waals surface area (Å²) in [5.41, 5.74) is 5.24. The molecular formula is C25H30N4O2. The monoisotopic (exact) mass is 418 g/mol. The molecule has 6 nitrogen and oxygen atoms in total. The lowest BCUT2D eigenvalue weighted by Crippen LogP contribution is -2.41. The Labute approximate surface area is 182 Å². The van der Waals surface area contributed by atoms with Crippen LogP contribution < -0.4 is 10.2 Å². The molecule has 0 saturated carbocycles. The normalized spacial score (nSPS) is 23.7. The van der Waals surface area contributed by atoms with Crippen LogP contribution in [0.2, 0.25) is 0 Å². The van der Waals surface area contributed by atoms with Gasteiger partial charge in [0.05, 0.1) is 16.7 Å². The summed E-state index contributed by atoms with van der Waals surface area (Å²) in [5.74, 6) is 1.58. The van der Waals surface area contributed by atoms with Crippen LogP contribution in [0.5, 0.6) is 0 Å². The molecule has 1 saturated heterocycles. The van der Waals surface area contributed by atoms with Gasteiger partial charge in [-0.05, 0) is 62.9 Å². The molecule has 31 heavy (non-hydrogen) atoms. The van der Waals surface area contributed by atoms with Gasteiger partial charge in [-0.2, -0.15) is 0 Å². The van der Waals surface area contributed by atoms with Crippen LogP contribution in [-0.4, -0.2) is 39.9 Å². The number of nitrogens with one attached hydrogen (secondary N) is 1. The van der Waals surface area contributed by atoms with E-state index in [0.717, 1.165) is 66.9 Å². The third-order valence-corrected chi connectivity index (χ3v) is 7.01. The summed E-state index contributed by atoms with van der Waals surface area (Å²) >= 11 is 0. The van der Waals surface area contributed by atoms with Crippen molar-refractivity contribution < 1.29 is 9.90 Å². The largest absolute Gasteiger partial charge is 0.465 e. The number of aryl methyl sites for hydroxylation is 1. The maximum Gasteiger partial charge on any atom is 0.412 e. The molecule has 2 N–H and O–H groups in total. The Morgan fingerprint density at radius 3 is 2.71 bits per heavy atom. The highest BCUT2D eigenvalue weighted by Gasteiger charge is 2.32. The smallest absolute Gasteiger partial charge is 0.412 e. The zero-order chi connectivity index (χ0) is 21.5. The van der Waals surface area contributed by atoms with Crippen LogP contribution in [0.1, 0.15) is 49.7 Å². The molecule has 2 aromatic carbocycles. The van der Waals surface area contributed by atoms with Crippen molar-refractivity contribution in [1.29, 1.82) is 0 Å². The van der Waals surface area contributed by atoms with Gasteiger partial charge in [-0.15, -0.1) is 0 Å². The summed E-state index contributed by atoms with van der Waals surface area (Å²) in [6.45, 7) is 6.30. The SMILES string of the molecule is C[C@@H]1CNCC[C@H]1n1c(Cc2ccccc2)nc2c3c(ccc21)N(C(=O)O)[C@@H](C)CC3. The second kappa shape index (κ2) is 8.00. The van der Waals surface area contributed by atoms with Crippen LogP contribution >= 0.6 is 0 Å². The van der Waals surface area contributed by atoms with Gasteiger partial charge >= 0.3 is 6.09 Å². The van der Waals surface area contributed by atoms with E-state index in [0.29, 0.717) is 12.0 Å². The maximum atomic E-state index is 12.0. The third-order valence-electron chi connectivity index (χ3n) is 7.01.